The normalized spacial score (nSPS) is 23.7. The van der Waals surface area contributed by atoms with Crippen LogP contribution in [0.4, 0.5) is 0 Å². The van der Waals surface area contributed by atoms with Gasteiger partial charge in [-0.15, -0.1) is 0 Å². The van der Waals surface area contributed by atoms with Crippen molar-refractivity contribution in [2.75, 3.05) is 19.6 Å². The predicted molar refractivity (Wildman–Crippen MR) is 81.0 cm³/mol. The van der Waals surface area contributed by atoms with E-state index >= 15 is 0 Å². The Morgan fingerprint density at radius 2 is 2.19 bits per heavy atom. The summed E-state index contributed by atoms with van der Waals surface area (Å²) in [5.41, 5.74) is 6.77. The van der Waals surface area contributed by atoms with E-state index < -0.39 is 10.0 Å². The molecule has 1 aliphatic rings. The minimum atomic E-state index is -3.57. The molecule has 0 bridgehead atoms. The van der Waals surface area contributed by atoms with Crippen LogP contribution in [-0.4, -0.2) is 32.4 Å². The monoisotopic (exact) mass is 307 g/mol. The molecule has 6 heteroatoms. The van der Waals surface area contributed by atoms with Gasteiger partial charge in [-0.3, -0.25) is 0 Å². The summed E-state index contributed by atoms with van der Waals surface area (Å²) in [5.74, 6) is 0.626. The van der Waals surface area contributed by atoms with E-state index in [-0.39, 0.29) is 10.8 Å². The molecule has 2 atom stereocenters. The van der Waals surface area contributed by atoms with Crippen LogP contribution in [-0.2, 0) is 10.0 Å². The second kappa shape index (κ2) is 6.14. The van der Waals surface area contributed by atoms with Crippen LogP contribution in [0.25, 0.3) is 0 Å². The molecule has 1 heterocycles. The fourth-order valence-corrected chi connectivity index (χ4v) is 4.49. The summed E-state index contributed by atoms with van der Waals surface area (Å²) < 4.78 is 27.1. The number of hydrogen-bond donors (Lipinski definition) is 1. The Kier molecular flexibility index (Phi) is 4.67. The van der Waals surface area contributed by atoms with Gasteiger partial charge in [-0.05, 0) is 49.4 Å². The molecule has 1 aromatic rings. The molecule has 1 saturated heterocycles. The zero-order valence-electron chi connectivity index (χ0n) is 12.4. The van der Waals surface area contributed by atoms with Crippen LogP contribution in [0.5, 0.6) is 0 Å². The molecule has 114 valence electrons. The first-order valence-electron chi connectivity index (χ1n) is 7.11. The molecule has 1 fully saturated rings. The van der Waals surface area contributed by atoms with E-state index in [4.69, 9.17) is 11.0 Å². The molecule has 2 N–H and O–H groups in total. The molecule has 1 aromatic carbocycles. The van der Waals surface area contributed by atoms with Crippen molar-refractivity contribution in [3.63, 3.8) is 0 Å². The highest BCUT2D eigenvalue weighted by molar-refractivity contribution is 7.89. The second-order valence-electron chi connectivity index (χ2n) is 5.72. The fourth-order valence-electron chi connectivity index (χ4n) is 2.73. The van der Waals surface area contributed by atoms with Crippen molar-refractivity contribution in [2.24, 2.45) is 17.6 Å². The summed E-state index contributed by atoms with van der Waals surface area (Å²) in [5, 5.41) is 8.97. The third kappa shape index (κ3) is 3.10. The molecule has 0 radical (unpaired) electrons. The van der Waals surface area contributed by atoms with Crippen LogP contribution in [0.1, 0.15) is 24.5 Å². The smallest absolute Gasteiger partial charge is 0.243 e. The predicted octanol–water partition coefficient (Wildman–Crippen LogP) is 1.47. The lowest BCUT2D eigenvalue weighted by molar-refractivity contribution is 0.203. The third-order valence-corrected chi connectivity index (χ3v) is 6.32. The van der Waals surface area contributed by atoms with Gasteiger partial charge in [0.1, 0.15) is 0 Å². The van der Waals surface area contributed by atoms with E-state index in [1.165, 1.54) is 10.4 Å². The van der Waals surface area contributed by atoms with Crippen molar-refractivity contribution in [1.29, 1.82) is 5.26 Å². The maximum atomic E-state index is 12.8. The summed E-state index contributed by atoms with van der Waals surface area (Å²) in [6, 6.07) is 6.77. The van der Waals surface area contributed by atoms with Crippen molar-refractivity contribution < 1.29 is 8.42 Å². The van der Waals surface area contributed by atoms with Gasteiger partial charge in [0, 0.05) is 13.1 Å². The topological polar surface area (TPSA) is 87.2 Å². The van der Waals surface area contributed by atoms with Crippen LogP contribution in [0.2, 0.25) is 0 Å². The van der Waals surface area contributed by atoms with Crippen LogP contribution in [0, 0.1) is 30.1 Å². The van der Waals surface area contributed by atoms with Crippen LogP contribution >= 0.6 is 0 Å². The Labute approximate surface area is 126 Å². The zero-order chi connectivity index (χ0) is 15.6. The Balaban J connectivity index is 2.37. The number of nitriles is 1. The summed E-state index contributed by atoms with van der Waals surface area (Å²) in [7, 11) is -3.57. The van der Waals surface area contributed by atoms with Gasteiger partial charge in [-0.1, -0.05) is 13.0 Å². The molecule has 0 spiro atoms. The lowest BCUT2D eigenvalue weighted by atomic mass is 9.88. The number of hydrogen-bond acceptors (Lipinski definition) is 4. The van der Waals surface area contributed by atoms with E-state index in [1.807, 2.05) is 6.07 Å². The first-order valence-corrected chi connectivity index (χ1v) is 8.55. The van der Waals surface area contributed by atoms with Crippen molar-refractivity contribution in [3.8, 4) is 6.07 Å². The molecule has 0 saturated carbocycles. The molecule has 0 aliphatic carbocycles. The van der Waals surface area contributed by atoms with E-state index in [9.17, 15) is 8.42 Å². The summed E-state index contributed by atoms with van der Waals surface area (Å²) in [6.45, 7) is 5.32. The minimum absolute atomic E-state index is 0.188. The Morgan fingerprint density at radius 3 is 2.81 bits per heavy atom. The lowest BCUT2D eigenvalue weighted by Gasteiger charge is -2.35. The standard InChI is InChI=1S/C15H21N3O2S/c1-11-5-6-18(10-14(11)9-17)21(19,20)15-7-13(8-16)4-3-12(15)2/h3-4,7,11,14H,5-6,9-10,17H2,1-2H3. The Morgan fingerprint density at radius 1 is 1.48 bits per heavy atom. The maximum Gasteiger partial charge on any atom is 0.243 e. The summed E-state index contributed by atoms with van der Waals surface area (Å²) >= 11 is 0. The second-order valence-corrected chi connectivity index (χ2v) is 7.62. The highest BCUT2D eigenvalue weighted by Gasteiger charge is 2.33. The minimum Gasteiger partial charge on any atom is -0.330 e. The third-order valence-electron chi connectivity index (χ3n) is 4.31. The van der Waals surface area contributed by atoms with Gasteiger partial charge in [-0.25, -0.2) is 8.42 Å². The van der Waals surface area contributed by atoms with Gasteiger partial charge in [0.05, 0.1) is 16.5 Å². The highest BCUT2D eigenvalue weighted by Crippen LogP contribution is 2.28. The van der Waals surface area contributed by atoms with Crippen molar-refractivity contribution >= 4 is 10.0 Å². The van der Waals surface area contributed by atoms with E-state index in [0.29, 0.717) is 36.7 Å². The van der Waals surface area contributed by atoms with Gasteiger partial charge < -0.3 is 5.73 Å². The number of benzene rings is 1. The number of rotatable bonds is 3. The molecule has 0 aromatic heterocycles. The van der Waals surface area contributed by atoms with Crippen molar-refractivity contribution in [1.82, 2.24) is 4.31 Å². The number of nitrogens with zero attached hydrogens (tertiary/aromatic N) is 2. The lowest BCUT2D eigenvalue weighted by Crippen LogP contribution is -2.45. The zero-order valence-corrected chi connectivity index (χ0v) is 13.2. The summed E-state index contributed by atoms with van der Waals surface area (Å²) in [6.07, 6.45) is 0.818. The average molecular weight is 307 g/mol. The quantitative estimate of drug-likeness (QED) is 0.916. The van der Waals surface area contributed by atoms with Crippen molar-refractivity contribution in [2.45, 2.75) is 25.2 Å². The van der Waals surface area contributed by atoms with Gasteiger partial charge in [0.2, 0.25) is 10.0 Å². The molecule has 2 rings (SSSR count). The van der Waals surface area contributed by atoms with E-state index in [1.54, 1.807) is 19.1 Å². The highest BCUT2D eigenvalue weighted by atomic mass is 32.2. The maximum absolute atomic E-state index is 12.8. The SMILES string of the molecule is Cc1ccc(C#N)cc1S(=O)(=O)N1CCC(C)C(CN)C1. The Hall–Kier alpha value is -1.42. The van der Waals surface area contributed by atoms with Gasteiger partial charge in [0.15, 0.2) is 0 Å². The summed E-state index contributed by atoms with van der Waals surface area (Å²) in [4.78, 5) is 0.229. The molecule has 0 amide bonds. The number of sulfonamides is 1. The first kappa shape index (κ1) is 16.0. The average Bonchev–Trinajstić information content (AvgIpc) is 2.47. The molecular weight excluding hydrogens is 286 g/mol. The Bertz CT molecular complexity index is 664. The van der Waals surface area contributed by atoms with Crippen LogP contribution in [0.15, 0.2) is 23.1 Å². The van der Waals surface area contributed by atoms with E-state index in [0.717, 1.165) is 6.42 Å². The van der Waals surface area contributed by atoms with Crippen LogP contribution in [0.3, 0.4) is 0 Å². The molecule has 21 heavy (non-hydrogen) atoms. The van der Waals surface area contributed by atoms with Gasteiger partial charge >= 0.3 is 0 Å². The molecule has 5 nitrogen and oxygen atoms in total. The number of piperidine rings is 1. The van der Waals surface area contributed by atoms with E-state index in [2.05, 4.69) is 6.92 Å². The van der Waals surface area contributed by atoms with Gasteiger partial charge in [-0.2, -0.15) is 9.57 Å². The largest absolute Gasteiger partial charge is 0.330 e. The van der Waals surface area contributed by atoms with Crippen LogP contribution < -0.4 is 5.73 Å². The fraction of sp³-hybridized carbons (Fsp3) is 0.533. The molecule has 2 unspecified atom stereocenters. The molecule has 1 aliphatic heterocycles. The number of nitrogens with two attached hydrogens (primary N) is 1. The number of aryl methyl sites for hydroxylation is 1. The first-order chi connectivity index (χ1) is 9.90. The van der Waals surface area contributed by atoms with Crippen molar-refractivity contribution in [3.05, 3.63) is 29.3 Å². The molecular formula is C15H21N3O2S. The van der Waals surface area contributed by atoms with Gasteiger partial charge in [0.25, 0.3) is 0 Å².